The average Bonchev–Trinajstić information content (AvgIpc) is 2.84. The van der Waals surface area contributed by atoms with Gasteiger partial charge in [-0.15, -0.1) is 0 Å². The molecular formula is C17H26N2O2. The number of hydrogen-bond donors (Lipinski definition) is 2. The zero-order valence-electron chi connectivity index (χ0n) is 13.2. The van der Waals surface area contributed by atoms with Crippen LogP contribution in [0.25, 0.3) is 0 Å². The summed E-state index contributed by atoms with van der Waals surface area (Å²) in [7, 11) is 0. The maximum Gasteiger partial charge on any atom is 0.407 e. The first-order valence-corrected chi connectivity index (χ1v) is 7.67. The van der Waals surface area contributed by atoms with Gasteiger partial charge in [0.15, 0.2) is 0 Å². The van der Waals surface area contributed by atoms with Crippen molar-refractivity contribution in [3.05, 3.63) is 34.9 Å². The van der Waals surface area contributed by atoms with E-state index in [0.717, 1.165) is 6.42 Å². The molecule has 0 bridgehead atoms. The van der Waals surface area contributed by atoms with E-state index in [4.69, 9.17) is 10.5 Å². The van der Waals surface area contributed by atoms with E-state index in [1.807, 2.05) is 20.8 Å². The summed E-state index contributed by atoms with van der Waals surface area (Å²) in [4.78, 5) is 11.7. The summed E-state index contributed by atoms with van der Waals surface area (Å²) in [6, 6.07) is 6.59. The quantitative estimate of drug-likeness (QED) is 0.896. The van der Waals surface area contributed by atoms with Crippen molar-refractivity contribution in [1.82, 2.24) is 5.32 Å². The fourth-order valence-corrected chi connectivity index (χ4v) is 2.70. The lowest BCUT2D eigenvalue weighted by Gasteiger charge is -2.22. The molecule has 0 radical (unpaired) electrons. The van der Waals surface area contributed by atoms with Crippen molar-refractivity contribution in [2.24, 2.45) is 5.73 Å². The lowest BCUT2D eigenvalue weighted by Crippen LogP contribution is -2.36. The van der Waals surface area contributed by atoms with E-state index in [-0.39, 0.29) is 12.0 Å². The number of hydrogen-bond acceptors (Lipinski definition) is 3. The highest BCUT2D eigenvalue weighted by atomic mass is 16.6. The zero-order chi connectivity index (χ0) is 15.5. The summed E-state index contributed by atoms with van der Waals surface area (Å²) in [5, 5.41) is 2.82. The van der Waals surface area contributed by atoms with Crippen LogP contribution in [0, 0.1) is 0 Å². The largest absolute Gasteiger partial charge is 0.444 e. The molecule has 2 rings (SSSR count). The molecule has 0 saturated carbocycles. The molecule has 4 heteroatoms. The molecule has 1 aliphatic rings. The van der Waals surface area contributed by atoms with Gasteiger partial charge >= 0.3 is 6.09 Å². The Balaban J connectivity index is 1.95. The fourth-order valence-electron chi connectivity index (χ4n) is 2.70. The minimum atomic E-state index is -0.476. The van der Waals surface area contributed by atoms with Crippen LogP contribution < -0.4 is 11.1 Å². The molecule has 1 atom stereocenters. The Bertz CT molecular complexity index is 506. The lowest BCUT2D eigenvalue weighted by atomic mass is 9.95. The van der Waals surface area contributed by atoms with Crippen molar-refractivity contribution >= 4 is 6.09 Å². The van der Waals surface area contributed by atoms with Crippen LogP contribution in [0.3, 0.4) is 0 Å². The van der Waals surface area contributed by atoms with E-state index >= 15 is 0 Å². The Hall–Kier alpha value is -1.55. The smallest absolute Gasteiger partial charge is 0.407 e. The summed E-state index contributed by atoms with van der Waals surface area (Å²) < 4.78 is 5.25. The summed E-state index contributed by atoms with van der Waals surface area (Å²) in [5.41, 5.74) is 9.48. The Kier molecular flexibility index (Phi) is 4.88. The summed E-state index contributed by atoms with van der Waals surface area (Å²) in [5.74, 6) is 0.128. The van der Waals surface area contributed by atoms with E-state index in [9.17, 15) is 4.79 Å². The SMILES string of the molecule is CC(C)(C)OC(=O)NCC(CN)c1ccc2c(c1)CCC2. The molecule has 1 aliphatic carbocycles. The maximum atomic E-state index is 11.7. The van der Waals surface area contributed by atoms with Gasteiger partial charge in [0.1, 0.15) is 5.60 Å². The van der Waals surface area contributed by atoms with Crippen LogP contribution in [0.15, 0.2) is 18.2 Å². The molecule has 1 aromatic carbocycles. The van der Waals surface area contributed by atoms with Gasteiger partial charge in [-0.25, -0.2) is 4.79 Å². The summed E-state index contributed by atoms with van der Waals surface area (Å²) >= 11 is 0. The van der Waals surface area contributed by atoms with Gasteiger partial charge in [0.25, 0.3) is 0 Å². The molecule has 0 saturated heterocycles. The molecule has 0 spiro atoms. The normalized spacial score (nSPS) is 15.4. The van der Waals surface area contributed by atoms with Crippen molar-refractivity contribution in [3.8, 4) is 0 Å². The van der Waals surface area contributed by atoms with Crippen molar-refractivity contribution in [2.75, 3.05) is 13.1 Å². The van der Waals surface area contributed by atoms with Gasteiger partial charge in [0.2, 0.25) is 0 Å². The van der Waals surface area contributed by atoms with Gasteiger partial charge in [-0.3, -0.25) is 0 Å². The van der Waals surface area contributed by atoms with E-state index in [1.165, 1.54) is 29.5 Å². The molecule has 1 amide bonds. The van der Waals surface area contributed by atoms with Crippen LogP contribution in [0.1, 0.15) is 49.8 Å². The topological polar surface area (TPSA) is 64.3 Å². The Labute approximate surface area is 127 Å². The second-order valence-corrected chi connectivity index (χ2v) is 6.70. The predicted molar refractivity (Wildman–Crippen MR) is 84.5 cm³/mol. The van der Waals surface area contributed by atoms with Crippen LogP contribution in [0.2, 0.25) is 0 Å². The average molecular weight is 290 g/mol. The van der Waals surface area contributed by atoms with Gasteiger partial charge in [0, 0.05) is 19.0 Å². The van der Waals surface area contributed by atoms with E-state index in [0.29, 0.717) is 13.1 Å². The molecule has 3 N–H and O–H groups in total. The minimum Gasteiger partial charge on any atom is -0.444 e. The van der Waals surface area contributed by atoms with Crippen LogP contribution >= 0.6 is 0 Å². The number of aryl methyl sites for hydroxylation is 2. The van der Waals surface area contributed by atoms with E-state index in [1.54, 1.807) is 0 Å². The Morgan fingerprint density at radius 1 is 1.33 bits per heavy atom. The summed E-state index contributed by atoms with van der Waals surface area (Å²) in [6.07, 6.45) is 3.18. The fraction of sp³-hybridized carbons (Fsp3) is 0.588. The van der Waals surface area contributed by atoms with Crippen molar-refractivity contribution < 1.29 is 9.53 Å². The minimum absolute atomic E-state index is 0.128. The molecule has 0 heterocycles. The first kappa shape index (κ1) is 15.8. The second kappa shape index (κ2) is 6.48. The number of nitrogens with one attached hydrogen (secondary N) is 1. The number of rotatable bonds is 4. The predicted octanol–water partition coefficient (Wildman–Crippen LogP) is 2.74. The molecule has 1 unspecified atom stereocenters. The van der Waals surface area contributed by atoms with E-state index in [2.05, 4.69) is 23.5 Å². The number of benzene rings is 1. The van der Waals surface area contributed by atoms with E-state index < -0.39 is 5.60 Å². The van der Waals surface area contributed by atoms with Crippen LogP contribution in [0.5, 0.6) is 0 Å². The number of ether oxygens (including phenoxy) is 1. The number of alkyl carbamates (subject to hydrolysis) is 1. The number of carbonyl (C=O) groups excluding carboxylic acids is 1. The van der Waals surface area contributed by atoms with Gasteiger partial charge in [-0.05, 0) is 56.7 Å². The number of carbonyl (C=O) groups is 1. The first-order valence-electron chi connectivity index (χ1n) is 7.67. The molecule has 4 nitrogen and oxygen atoms in total. The van der Waals surface area contributed by atoms with Crippen molar-refractivity contribution in [1.29, 1.82) is 0 Å². The molecule has 0 aliphatic heterocycles. The van der Waals surface area contributed by atoms with Gasteiger partial charge in [-0.2, -0.15) is 0 Å². The number of amides is 1. The third kappa shape index (κ3) is 4.46. The van der Waals surface area contributed by atoms with Crippen LogP contribution in [0.4, 0.5) is 4.79 Å². The molecule has 1 aromatic rings. The van der Waals surface area contributed by atoms with Gasteiger partial charge < -0.3 is 15.8 Å². The molecule has 0 fully saturated rings. The van der Waals surface area contributed by atoms with Crippen LogP contribution in [-0.2, 0) is 17.6 Å². The third-order valence-corrected chi connectivity index (χ3v) is 3.77. The summed E-state index contributed by atoms with van der Waals surface area (Å²) in [6.45, 7) is 6.58. The molecule has 0 aromatic heterocycles. The number of nitrogens with two attached hydrogens (primary N) is 1. The highest BCUT2D eigenvalue weighted by Gasteiger charge is 2.19. The zero-order valence-corrected chi connectivity index (χ0v) is 13.2. The Morgan fingerprint density at radius 2 is 2.05 bits per heavy atom. The first-order chi connectivity index (χ1) is 9.89. The highest BCUT2D eigenvalue weighted by Crippen LogP contribution is 2.25. The second-order valence-electron chi connectivity index (χ2n) is 6.70. The van der Waals surface area contributed by atoms with Gasteiger partial charge in [0.05, 0.1) is 0 Å². The highest BCUT2D eigenvalue weighted by molar-refractivity contribution is 5.67. The monoisotopic (exact) mass is 290 g/mol. The molecular weight excluding hydrogens is 264 g/mol. The van der Waals surface area contributed by atoms with Gasteiger partial charge in [-0.1, -0.05) is 18.2 Å². The van der Waals surface area contributed by atoms with Crippen molar-refractivity contribution in [3.63, 3.8) is 0 Å². The third-order valence-electron chi connectivity index (χ3n) is 3.77. The Morgan fingerprint density at radius 3 is 2.71 bits per heavy atom. The number of fused-ring (bicyclic) bond motifs is 1. The lowest BCUT2D eigenvalue weighted by molar-refractivity contribution is 0.0525. The standard InChI is InChI=1S/C17H26N2O2/c1-17(2,3)21-16(20)19-11-15(10-18)14-8-7-12-5-4-6-13(12)9-14/h7-9,15H,4-6,10-11,18H2,1-3H3,(H,19,20). The van der Waals surface area contributed by atoms with Crippen LogP contribution in [-0.4, -0.2) is 24.8 Å². The molecule has 116 valence electrons. The maximum absolute atomic E-state index is 11.7. The van der Waals surface area contributed by atoms with Crippen molar-refractivity contribution in [2.45, 2.75) is 51.6 Å². The molecule has 21 heavy (non-hydrogen) atoms.